The highest BCUT2D eigenvalue weighted by Gasteiger charge is 2.37. The van der Waals surface area contributed by atoms with Crippen molar-refractivity contribution < 1.29 is 20.1 Å². The molecule has 0 aromatic carbocycles. The third-order valence-electron chi connectivity index (χ3n) is 5.23. The van der Waals surface area contributed by atoms with E-state index < -0.39 is 12.1 Å². The van der Waals surface area contributed by atoms with Gasteiger partial charge in [-0.25, -0.2) is 0 Å². The number of carbonyl (C=O) groups is 1. The molecular weight excluding hydrogens is 268 g/mol. The first-order chi connectivity index (χ1) is 9.77. The fraction of sp³-hybridized carbons (Fsp3) is 0.941. The summed E-state index contributed by atoms with van der Waals surface area (Å²) in [6.45, 7) is 6.36. The summed E-state index contributed by atoms with van der Waals surface area (Å²) in [6.07, 6.45) is 5.54. The van der Waals surface area contributed by atoms with Crippen LogP contribution < -0.4 is 0 Å². The first-order valence-electron chi connectivity index (χ1n) is 8.35. The molecule has 4 nitrogen and oxygen atoms in total. The van der Waals surface area contributed by atoms with Crippen LogP contribution in [0.25, 0.3) is 0 Å². The molecule has 3 N–H and O–H groups in total. The maximum Gasteiger partial charge on any atom is 0.303 e. The van der Waals surface area contributed by atoms with Gasteiger partial charge in [0, 0.05) is 0 Å². The Balaban J connectivity index is 2.47. The van der Waals surface area contributed by atoms with Crippen LogP contribution in [0.3, 0.4) is 0 Å². The highest BCUT2D eigenvalue weighted by atomic mass is 16.4. The molecule has 124 valence electrons. The first-order valence-corrected chi connectivity index (χ1v) is 8.35. The van der Waals surface area contributed by atoms with E-state index in [4.69, 9.17) is 5.11 Å². The van der Waals surface area contributed by atoms with Gasteiger partial charge in [0.15, 0.2) is 0 Å². The lowest BCUT2D eigenvalue weighted by molar-refractivity contribution is -0.139. The molecule has 3 unspecified atom stereocenters. The molecule has 4 heteroatoms. The van der Waals surface area contributed by atoms with Crippen molar-refractivity contribution in [3.05, 3.63) is 0 Å². The Labute approximate surface area is 128 Å². The average Bonchev–Trinajstić information content (AvgIpc) is 2.74. The van der Waals surface area contributed by atoms with Gasteiger partial charge >= 0.3 is 5.97 Å². The van der Waals surface area contributed by atoms with Gasteiger partial charge in [-0.3, -0.25) is 4.79 Å². The van der Waals surface area contributed by atoms with Crippen molar-refractivity contribution >= 4 is 5.97 Å². The van der Waals surface area contributed by atoms with E-state index in [1.54, 1.807) is 0 Å². The second-order valence-corrected chi connectivity index (χ2v) is 7.35. The Morgan fingerprint density at radius 3 is 2.57 bits per heavy atom. The van der Waals surface area contributed by atoms with E-state index in [2.05, 4.69) is 20.8 Å². The lowest BCUT2D eigenvalue weighted by Gasteiger charge is -2.32. The minimum atomic E-state index is -0.838. The number of aliphatic carboxylic acids is 1. The van der Waals surface area contributed by atoms with Gasteiger partial charge in [-0.05, 0) is 49.4 Å². The Hall–Kier alpha value is -0.610. The van der Waals surface area contributed by atoms with Crippen molar-refractivity contribution in [3.8, 4) is 0 Å². The smallest absolute Gasteiger partial charge is 0.303 e. The standard InChI is InChI=1S/C17H32O4/c1-4-5-10-17(2,3)15(19)9-7-12-6-8-14(18)13(12)11-16(20)21/h12-15,18-19H,4-11H2,1-3H3,(H,20,21)/t12?,13?,14-,15?/m0/s1. The molecule has 0 saturated heterocycles. The summed E-state index contributed by atoms with van der Waals surface area (Å²) < 4.78 is 0. The van der Waals surface area contributed by atoms with Crippen LogP contribution in [0, 0.1) is 17.3 Å². The van der Waals surface area contributed by atoms with Crippen molar-refractivity contribution in [1.29, 1.82) is 0 Å². The summed E-state index contributed by atoms with van der Waals surface area (Å²) in [7, 11) is 0. The first kappa shape index (κ1) is 18.4. The zero-order chi connectivity index (χ0) is 16.0. The molecule has 0 aliphatic heterocycles. The van der Waals surface area contributed by atoms with E-state index in [1.165, 1.54) is 0 Å². The molecule has 0 aromatic heterocycles. The maximum atomic E-state index is 10.9. The predicted molar refractivity (Wildman–Crippen MR) is 83.0 cm³/mol. The van der Waals surface area contributed by atoms with E-state index >= 15 is 0 Å². The summed E-state index contributed by atoms with van der Waals surface area (Å²) in [5, 5.41) is 29.3. The zero-order valence-corrected chi connectivity index (χ0v) is 13.7. The van der Waals surface area contributed by atoms with Gasteiger partial charge in [0.1, 0.15) is 0 Å². The number of aliphatic hydroxyl groups is 2. The van der Waals surface area contributed by atoms with Crippen LogP contribution in [0.2, 0.25) is 0 Å². The monoisotopic (exact) mass is 300 g/mol. The van der Waals surface area contributed by atoms with Crippen molar-refractivity contribution in [2.45, 2.75) is 84.3 Å². The lowest BCUT2D eigenvalue weighted by Crippen LogP contribution is -2.30. The number of hydrogen-bond acceptors (Lipinski definition) is 3. The maximum absolute atomic E-state index is 10.9. The van der Waals surface area contributed by atoms with Crippen molar-refractivity contribution in [3.63, 3.8) is 0 Å². The Morgan fingerprint density at radius 1 is 1.33 bits per heavy atom. The average molecular weight is 300 g/mol. The molecule has 21 heavy (non-hydrogen) atoms. The Kier molecular flexibility index (Phi) is 7.14. The van der Waals surface area contributed by atoms with Crippen LogP contribution in [0.4, 0.5) is 0 Å². The molecular formula is C17H32O4. The van der Waals surface area contributed by atoms with E-state index in [1.807, 2.05) is 0 Å². The third kappa shape index (κ3) is 5.59. The molecule has 1 fully saturated rings. The fourth-order valence-electron chi connectivity index (χ4n) is 3.55. The molecule has 1 saturated carbocycles. The second-order valence-electron chi connectivity index (χ2n) is 7.35. The number of carboxylic acids is 1. The number of carboxylic acid groups (broad SMARTS) is 1. The van der Waals surface area contributed by atoms with E-state index in [-0.39, 0.29) is 29.8 Å². The van der Waals surface area contributed by atoms with Crippen LogP contribution in [-0.2, 0) is 4.79 Å². The molecule has 0 spiro atoms. The van der Waals surface area contributed by atoms with Gasteiger partial charge in [0.05, 0.1) is 18.6 Å². The molecule has 0 heterocycles. The number of unbranched alkanes of at least 4 members (excludes halogenated alkanes) is 1. The minimum absolute atomic E-state index is 0.0428. The highest BCUT2D eigenvalue weighted by molar-refractivity contribution is 5.67. The minimum Gasteiger partial charge on any atom is -0.481 e. The van der Waals surface area contributed by atoms with Crippen LogP contribution in [0.1, 0.15) is 72.1 Å². The van der Waals surface area contributed by atoms with Gasteiger partial charge < -0.3 is 15.3 Å². The molecule has 0 bridgehead atoms. The second kappa shape index (κ2) is 8.14. The molecule has 1 aliphatic carbocycles. The van der Waals surface area contributed by atoms with Gasteiger partial charge in [-0.15, -0.1) is 0 Å². The molecule has 1 rings (SSSR count). The van der Waals surface area contributed by atoms with Crippen molar-refractivity contribution in [2.75, 3.05) is 0 Å². The van der Waals surface area contributed by atoms with Gasteiger partial charge in [0.2, 0.25) is 0 Å². The summed E-state index contributed by atoms with van der Waals surface area (Å²) >= 11 is 0. The number of rotatable bonds is 9. The summed E-state index contributed by atoms with van der Waals surface area (Å²) in [6, 6.07) is 0. The van der Waals surface area contributed by atoms with Gasteiger partial charge in [-0.2, -0.15) is 0 Å². The normalized spacial score (nSPS) is 27.8. The number of hydrogen-bond donors (Lipinski definition) is 3. The van der Waals surface area contributed by atoms with Gasteiger partial charge in [0.25, 0.3) is 0 Å². The molecule has 1 aliphatic rings. The number of aliphatic hydroxyl groups excluding tert-OH is 2. The van der Waals surface area contributed by atoms with E-state index in [0.717, 1.165) is 32.1 Å². The zero-order valence-electron chi connectivity index (χ0n) is 13.7. The van der Waals surface area contributed by atoms with Crippen LogP contribution in [0.15, 0.2) is 0 Å². The van der Waals surface area contributed by atoms with Crippen molar-refractivity contribution in [1.82, 2.24) is 0 Å². The summed E-state index contributed by atoms with van der Waals surface area (Å²) in [5.41, 5.74) is -0.0878. The Bertz CT molecular complexity index is 327. The van der Waals surface area contributed by atoms with Crippen LogP contribution >= 0.6 is 0 Å². The molecule has 4 atom stereocenters. The molecule has 0 radical (unpaired) electrons. The fourth-order valence-corrected chi connectivity index (χ4v) is 3.55. The topological polar surface area (TPSA) is 77.8 Å². The summed E-state index contributed by atoms with van der Waals surface area (Å²) in [5.74, 6) is -0.754. The quantitative estimate of drug-likeness (QED) is 0.611. The lowest BCUT2D eigenvalue weighted by atomic mass is 9.77. The molecule has 0 aromatic rings. The third-order valence-corrected chi connectivity index (χ3v) is 5.23. The van der Waals surface area contributed by atoms with Crippen molar-refractivity contribution in [2.24, 2.45) is 17.3 Å². The summed E-state index contributed by atoms with van der Waals surface area (Å²) in [4.78, 5) is 10.9. The van der Waals surface area contributed by atoms with Gasteiger partial charge in [-0.1, -0.05) is 33.6 Å². The van der Waals surface area contributed by atoms with Crippen LogP contribution in [-0.4, -0.2) is 33.5 Å². The van der Waals surface area contributed by atoms with E-state index in [0.29, 0.717) is 12.8 Å². The largest absolute Gasteiger partial charge is 0.481 e. The molecule has 0 amide bonds. The Morgan fingerprint density at radius 2 is 2.00 bits per heavy atom. The SMILES string of the molecule is CCCCC(C)(C)C(O)CCC1CC[C@H](O)C1CC(=O)O. The van der Waals surface area contributed by atoms with Crippen LogP contribution in [0.5, 0.6) is 0 Å². The predicted octanol–water partition coefficient (Wildman–Crippen LogP) is 3.21. The van der Waals surface area contributed by atoms with E-state index in [9.17, 15) is 15.0 Å². The highest BCUT2D eigenvalue weighted by Crippen LogP contribution is 2.39.